The number of aromatic nitrogens is 1. The van der Waals surface area contributed by atoms with E-state index in [0.717, 1.165) is 0 Å². The predicted octanol–water partition coefficient (Wildman–Crippen LogP) is 0.628. The number of allylic oxidation sites excluding steroid dienone is 1. The molecule has 0 fully saturated rings. The van der Waals surface area contributed by atoms with Gasteiger partial charge in [-0.15, -0.1) is 0 Å². The molecule has 0 amide bonds. The molecule has 0 aliphatic rings. The van der Waals surface area contributed by atoms with Crippen molar-refractivity contribution in [3.05, 3.63) is 41.6 Å². The minimum Gasteiger partial charge on any atom is -0.512 e. The highest BCUT2D eigenvalue weighted by Gasteiger charge is 1.96. The zero-order valence-corrected chi connectivity index (χ0v) is 7.86. The van der Waals surface area contributed by atoms with E-state index >= 15 is 0 Å². The highest BCUT2D eigenvalue weighted by Crippen LogP contribution is 1.88. The largest absolute Gasteiger partial charge is 0.512 e. The Morgan fingerprint density at radius 2 is 2.43 bits per heavy atom. The Hall–Kier alpha value is -2.08. The first-order valence-corrected chi connectivity index (χ1v) is 4.08. The third-order valence-electron chi connectivity index (χ3n) is 1.78. The summed E-state index contributed by atoms with van der Waals surface area (Å²) < 4.78 is 0. The molecule has 0 saturated heterocycles. The van der Waals surface area contributed by atoms with Crippen LogP contribution in [0.15, 0.2) is 31.0 Å². The topological polar surface area (TPSA) is 56.9 Å². The van der Waals surface area contributed by atoms with Crippen molar-refractivity contribution in [2.75, 3.05) is 0 Å². The molecule has 0 spiro atoms. The summed E-state index contributed by atoms with van der Waals surface area (Å²) in [6.07, 6.45) is 3.00. The Labute approximate surface area is 82.0 Å². The Kier molecular flexibility index (Phi) is 3.03. The number of hydrogen-bond acceptors (Lipinski definition) is 3. The summed E-state index contributed by atoms with van der Waals surface area (Å²) >= 11 is 0. The molecule has 14 heavy (non-hydrogen) atoms. The summed E-state index contributed by atoms with van der Waals surface area (Å²) in [5, 5.41) is 19.2. The molecule has 3 nitrogen and oxygen atoms in total. The van der Waals surface area contributed by atoms with E-state index in [0.29, 0.717) is 16.1 Å². The van der Waals surface area contributed by atoms with E-state index in [1.807, 2.05) is 6.07 Å². The highest BCUT2D eigenvalue weighted by molar-refractivity contribution is 5.68. The van der Waals surface area contributed by atoms with E-state index in [9.17, 15) is 5.11 Å². The molecule has 0 aromatic carbocycles. The van der Waals surface area contributed by atoms with Crippen LogP contribution in [-0.4, -0.2) is 10.1 Å². The average molecular weight is 186 g/mol. The molecule has 1 heterocycles. The van der Waals surface area contributed by atoms with Crippen molar-refractivity contribution in [3.8, 4) is 6.07 Å². The van der Waals surface area contributed by atoms with E-state index < -0.39 is 0 Å². The maximum absolute atomic E-state index is 9.36. The van der Waals surface area contributed by atoms with Crippen LogP contribution in [0.4, 0.5) is 0 Å². The normalized spacial score (nSPS) is 14.0. The molecule has 0 aliphatic heterocycles. The third-order valence-corrected chi connectivity index (χ3v) is 1.78. The van der Waals surface area contributed by atoms with Gasteiger partial charge in [0.1, 0.15) is 6.07 Å². The van der Waals surface area contributed by atoms with Gasteiger partial charge in [-0.2, -0.15) is 5.26 Å². The summed E-state index contributed by atoms with van der Waals surface area (Å²) in [5.41, 5.74) is 0.356. The molecule has 1 N–H and O–H groups in total. The molecule has 0 saturated carbocycles. The van der Waals surface area contributed by atoms with Crippen LogP contribution in [0.3, 0.4) is 0 Å². The fourth-order valence-corrected chi connectivity index (χ4v) is 1.11. The minimum absolute atomic E-state index is 0.141. The predicted molar refractivity (Wildman–Crippen MR) is 54.4 cm³/mol. The van der Waals surface area contributed by atoms with Gasteiger partial charge in [-0.25, -0.2) is 0 Å². The summed E-state index contributed by atoms with van der Waals surface area (Å²) in [6.45, 7) is 5.07. The SMILES string of the molecule is C=C/C(C#N)=c1/nccc/c1=C(/C)O. The van der Waals surface area contributed by atoms with Crippen LogP contribution in [0.5, 0.6) is 0 Å². The molecule has 1 aromatic rings. The van der Waals surface area contributed by atoms with Crippen molar-refractivity contribution in [2.24, 2.45) is 0 Å². The van der Waals surface area contributed by atoms with E-state index in [1.54, 1.807) is 25.3 Å². The van der Waals surface area contributed by atoms with E-state index in [2.05, 4.69) is 11.6 Å². The lowest BCUT2D eigenvalue weighted by Gasteiger charge is -1.93. The molecule has 1 rings (SSSR count). The lowest BCUT2D eigenvalue weighted by molar-refractivity contribution is 0.498. The van der Waals surface area contributed by atoms with Crippen molar-refractivity contribution in [3.63, 3.8) is 0 Å². The Balaban J connectivity index is 3.86. The molecule has 0 aliphatic carbocycles. The monoisotopic (exact) mass is 186 g/mol. The van der Waals surface area contributed by atoms with Crippen molar-refractivity contribution >= 4 is 11.3 Å². The Bertz CT molecular complexity index is 505. The van der Waals surface area contributed by atoms with E-state index in [1.165, 1.54) is 6.08 Å². The number of nitrogens with zero attached hydrogens (tertiary/aromatic N) is 2. The smallest absolute Gasteiger partial charge is 0.101 e. The second kappa shape index (κ2) is 4.24. The van der Waals surface area contributed by atoms with Gasteiger partial charge in [0.2, 0.25) is 0 Å². The zero-order chi connectivity index (χ0) is 10.6. The third kappa shape index (κ3) is 1.80. The number of aliphatic hydroxyl groups excluding tert-OH is 1. The first-order chi connectivity index (χ1) is 6.70. The Morgan fingerprint density at radius 1 is 1.71 bits per heavy atom. The minimum atomic E-state index is 0.141. The van der Waals surface area contributed by atoms with Gasteiger partial charge in [-0.05, 0) is 25.1 Å². The summed E-state index contributed by atoms with van der Waals surface area (Å²) in [5.74, 6) is 0.141. The van der Waals surface area contributed by atoms with Crippen LogP contribution in [0.1, 0.15) is 6.92 Å². The molecule has 3 heteroatoms. The number of aliphatic hydroxyl groups is 1. The van der Waals surface area contributed by atoms with Gasteiger partial charge in [-0.1, -0.05) is 6.58 Å². The van der Waals surface area contributed by atoms with Crippen LogP contribution >= 0.6 is 0 Å². The molecule has 70 valence electrons. The van der Waals surface area contributed by atoms with Crippen molar-refractivity contribution in [1.29, 1.82) is 5.26 Å². The van der Waals surface area contributed by atoms with Crippen molar-refractivity contribution in [1.82, 2.24) is 4.98 Å². The van der Waals surface area contributed by atoms with Gasteiger partial charge >= 0.3 is 0 Å². The molecule has 0 unspecified atom stereocenters. The van der Waals surface area contributed by atoms with Gasteiger partial charge in [0.25, 0.3) is 0 Å². The second-order valence-electron chi connectivity index (χ2n) is 2.71. The van der Waals surface area contributed by atoms with Gasteiger partial charge in [0.05, 0.1) is 16.7 Å². The van der Waals surface area contributed by atoms with Crippen molar-refractivity contribution in [2.45, 2.75) is 6.92 Å². The molecule has 0 atom stereocenters. The maximum Gasteiger partial charge on any atom is 0.101 e. The van der Waals surface area contributed by atoms with Crippen molar-refractivity contribution < 1.29 is 5.11 Å². The average Bonchev–Trinajstić information content (AvgIpc) is 2.20. The fraction of sp³-hybridized carbons (Fsp3) is 0.0909. The zero-order valence-electron chi connectivity index (χ0n) is 7.86. The maximum atomic E-state index is 9.36. The summed E-state index contributed by atoms with van der Waals surface area (Å²) in [7, 11) is 0. The van der Waals surface area contributed by atoms with Gasteiger partial charge in [0.15, 0.2) is 0 Å². The summed E-state index contributed by atoms with van der Waals surface area (Å²) in [6, 6.07) is 5.39. The van der Waals surface area contributed by atoms with E-state index in [-0.39, 0.29) is 5.76 Å². The van der Waals surface area contributed by atoms with Crippen LogP contribution in [0.25, 0.3) is 11.3 Å². The number of hydrogen-bond donors (Lipinski definition) is 1. The van der Waals surface area contributed by atoms with E-state index in [4.69, 9.17) is 5.26 Å². The first kappa shape index (κ1) is 10.0. The lowest BCUT2D eigenvalue weighted by Crippen LogP contribution is -2.31. The van der Waals surface area contributed by atoms with Crippen LogP contribution < -0.4 is 10.6 Å². The van der Waals surface area contributed by atoms with Crippen LogP contribution in [0, 0.1) is 11.3 Å². The van der Waals surface area contributed by atoms with Gasteiger partial charge in [-0.3, -0.25) is 4.98 Å². The molecule has 0 bridgehead atoms. The lowest BCUT2D eigenvalue weighted by atomic mass is 10.2. The number of pyridine rings is 1. The quantitative estimate of drug-likeness (QED) is 0.699. The second-order valence-corrected chi connectivity index (χ2v) is 2.71. The van der Waals surface area contributed by atoms with Crippen LogP contribution in [-0.2, 0) is 0 Å². The molecule has 1 aromatic heterocycles. The standard InChI is InChI=1S/C11H10N2O/c1-3-9(7-12)11-10(8(2)14)5-4-6-13-11/h3-6,14H,1H2,2H3/b10-8+,11-9-. The summed E-state index contributed by atoms with van der Waals surface area (Å²) in [4.78, 5) is 4.03. The van der Waals surface area contributed by atoms with Crippen LogP contribution in [0.2, 0.25) is 0 Å². The molecule has 0 radical (unpaired) electrons. The molecular weight excluding hydrogens is 176 g/mol. The fourth-order valence-electron chi connectivity index (χ4n) is 1.11. The number of rotatable bonds is 1. The molecular formula is C11H10N2O. The number of nitriles is 1. The van der Waals surface area contributed by atoms with Gasteiger partial charge < -0.3 is 5.11 Å². The Morgan fingerprint density at radius 3 is 2.93 bits per heavy atom. The highest BCUT2D eigenvalue weighted by atomic mass is 16.3. The van der Waals surface area contributed by atoms with Gasteiger partial charge in [0, 0.05) is 11.4 Å². The first-order valence-electron chi connectivity index (χ1n) is 4.08.